The summed E-state index contributed by atoms with van der Waals surface area (Å²) < 4.78 is 6.25. The number of primary amides is 1. The van der Waals surface area contributed by atoms with E-state index >= 15 is 0 Å². The van der Waals surface area contributed by atoms with Gasteiger partial charge in [-0.15, -0.1) is 0 Å². The van der Waals surface area contributed by atoms with E-state index in [1.807, 2.05) is 13.8 Å². The minimum Gasteiger partial charge on any atom is -0.369 e. The third-order valence-electron chi connectivity index (χ3n) is 8.06. The van der Waals surface area contributed by atoms with E-state index in [2.05, 4.69) is 12.2 Å². The average Bonchev–Trinajstić information content (AvgIpc) is 2.59. The molecule has 3 N–H and O–H groups in total. The molecule has 0 spiro atoms. The van der Waals surface area contributed by atoms with Crippen molar-refractivity contribution in [2.45, 2.75) is 96.3 Å². The first kappa shape index (κ1) is 19.2. The van der Waals surface area contributed by atoms with Gasteiger partial charge < -0.3 is 15.8 Å². The van der Waals surface area contributed by atoms with Crippen LogP contribution in [0.1, 0.15) is 78.6 Å². The van der Waals surface area contributed by atoms with Gasteiger partial charge in [-0.2, -0.15) is 0 Å². The number of hydrogen-bond donors (Lipinski definition) is 2. The Hall–Kier alpha value is -1.10. The lowest BCUT2D eigenvalue weighted by molar-refractivity contribution is -0.160. The van der Waals surface area contributed by atoms with Crippen LogP contribution in [0, 0.1) is 29.1 Å². The Labute approximate surface area is 163 Å². The number of carbonyl (C=O) groups excluding carboxylic acids is 2. The van der Waals surface area contributed by atoms with Gasteiger partial charge in [0.05, 0.1) is 6.10 Å². The number of amides is 2. The molecule has 2 unspecified atom stereocenters. The second-order valence-corrected chi connectivity index (χ2v) is 10.6. The van der Waals surface area contributed by atoms with E-state index in [1.165, 1.54) is 12.8 Å². The molecule has 2 atom stereocenters. The van der Waals surface area contributed by atoms with Crippen LogP contribution in [0.2, 0.25) is 0 Å². The van der Waals surface area contributed by atoms with Crippen LogP contribution in [0.15, 0.2) is 0 Å². The quantitative estimate of drug-likeness (QED) is 0.773. The summed E-state index contributed by atoms with van der Waals surface area (Å²) in [6, 6.07) is 0.177. The minimum absolute atomic E-state index is 0.00622. The van der Waals surface area contributed by atoms with Gasteiger partial charge in [0.15, 0.2) is 0 Å². The van der Waals surface area contributed by atoms with Crippen LogP contribution < -0.4 is 11.1 Å². The maximum atomic E-state index is 13.1. The molecule has 5 saturated carbocycles. The summed E-state index contributed by atoms with van der Waals surface area (Å²) in [5.74, 6) is 2.04. The summed E-state index contributed by atoms with van der Waals surface area (Å²) >= 11 is 0. The zero-order valence-corrected chi connectivity index (χ0v) is 17.1. The molecule has 152 valence electrons. The summed E-state index contributed by atoms with van der Waals surface area (Å²) in [4.78, 5) is 25.2. The van der Waals surface area contributed by atoms with Gasteiger partial charge in [0.1, 0.15) is 5.60 Å². The average molecular weight is 377 g/mol. The molecular weight excluding hydrogens is 340 g/mol. The Balaban J connectivity index is 1.39. The zero-order chi connectivity index (χ0) is 19.4. The fourth-order valence-electron chi connectivity index (χ4n) is 6.70. The molecule has 5 nitrogen and oxygen atoms in total. The maximum Gasteiger partial charge on any atom is 0.251 e. The molecule has 0 aromatic carbocycles. The highest BCUT2D eigenvalue weighted by Gasteiger charge is 2.58. The summed E-state index contributed by atoms with van der Waals surface area (Å²) in [6.45, 7) is 6.10. The molecule has 5 fully saturated rings. The fourth-order valence-corrected chi connectivity index (χ4v) is 6.70. The Morgan fingerprint density at radius 1 is 1.04 bits per heavy atom. The molecule has 0 saturated heterocycles. The topological polar surface area (TPSA) is 81.4 Å². The Morgan fingerprint density at radius 2 is 1.63 bits per heavy atom. The molecule has 5 aliphatic rings. The second kappa shape index (κ2) is 6.75. The Morgan fingerprint density at radius 3 is 2.19 bits per heavy atom. The van der Waals surface area contributed by atoms with Gasteiger partial charge in [0, 0.05) is 11.5 Å². The first-order valence-corrected chi connectivity index (χ1v) is 11.0. The normalized spacial score (nSPS) is 43.5. The fraction of sp³-hybridized carbons (Fsp3) is 0.909. The largest absolute Gasteiger partial charge is 0.369 e. The van der Waals surface area contributed by atoms with Gasteiger partial charge in [-0.1, -0.05) is 6.92 Å². The van der Waals surface area contributed by atoms with Gasteiger partial charge in [-0.05, 0) is 95.3 Å². The summed E-state index contributed by atoms with van der Waals surface area (Å²) in [7, 11) is 0. The van der Waals surface area contributed by atoms with Crippen molar-refractivity contribution in [1.29, 1.82) is 0 Å². The number of rotatable bonds is 5. The van der Waals surface area contributed by atoms with Crippen molar-refractivity contribution < 1.29 is 14.3 Å². The summed E-state index contributed by atoms with van der Waals surface area (Å²) in [5, 5.41) is 3.34. The van der Waals surface area contributed by atoms with Crippen LogP contribution in [-0.4, -0.2) is 29.6 Å². The molecule has 4 bridgehead atoms. The molecule has 5 aliphatic carbocycles. The molecule has 5 rings (SSSR count). The number of carbonyl (C=O) groups is 2. The molecule has 27 heavy (non-hydrogen) atoms. The third kappa shape index (κ3) is 3.52. The monoisotopic (exact) mass is 376 g/mol. The van der Waals surface area contributed by atoms with E-state index in [-0.39, 0.29) is 29.4 Å². The predicted octanol–water partition coefficient (Wildman–Crippen LogP) is 3.16. The smallest absolute Gasteiger partial charge is 0.251 e. The molecule has 0 aromatic heterocycles. The van der Waals surface area contributed by atoms with Crippen molar-refractivity contribution in [3.05, 3.63) is 0 Å². The van der Waals surface area contributed by atoms with E-state index in [1.54, 1.807) is 0 Å². The molecule has 0 aromatic rings. The molecule has 0 heterocycles. The molecule has 2 amide bonds. The van der Waals surface area contributed by atoms with Crippen LogP contribution in [0.5, 0.6) is 0 Å². The number of nitrogens with one attached hydrogen (secondary N) is 1. The highest BCUT2D eigenvalue weighted by Crippen LogP contribution is 2.60. The van der Waals surface area contributed by atoms with Gasteiger partial charge >= 0.3 is 0 Å². The molecule has 0 radical (unpaired) electrons. The minimum atomic E-state index is -0.804. The lowest BCUT2D eigenvalue weighted by Gasteiger charge is -2.59. The van der Waals surface area contributed by atoms with Crippen LogP contribution in [-0.2, 0) is 14.3 Å². The van der Waals surface area contributed by atoms with Crippen molar-refractivity contribution in [2.75, 3.05) is 0 Å². The van der Waals surface area contributed by atoms with Gasteiger partial charge in [-0.3, -0.25) is 9.59 Å². The van der Waals surface area contributed by atoms with E-state index in [4.69, 9.17) is 10.5 Å². The number of nitrogens with two attached hydrogens (primary N) is 1. The zero-order valence-electron chi connectivity index (χ0n) is 17.1. The second-order valence-electron chi connectivity index (χ2n) is 10.6. The van der Waals surface area contributed by atoms with Crippen LogP contribution >= 0.6 is 0 Å². The summed E-state index contributed by atoms with van der Waals surface area (Å²) in [6.07, 6.45) is 9.58. The molecule has 0 aliphatic heterocycles. The number of ether oxygens (including phenoxy) is 1. The van der Waals surface area contributed by atoms with Crippen LogP contribution in [0.3, 0.4) is 0 Å². The van der Waals surface area contributed by atoms with Crippen molar-refractivity contribution in [2.24, 2.45) is 34.8 Å². The van der Waals surface area contributed by atoms with Gasteiger partial charge in [-0.25, -0.2) is 0 Å². The third-order valence-corrected chi connectivity index (χ3v) is 8.06. The highest BCUT2D eigenvalue weighted by atomic mass is 16.5. The highest BCUT2D eigenvalue weighted by molar-refractivity contribution is 5.85. The SMILES string of the molecule is CC1CCC(OC(C)(C)C(=O)NC2C3CC4CC2CC(C(N)=O)(C4)C3)CC1. The lowest BCUT2D eigenvalue weighted by atomic mass is 9.47. The van der Waals surface area contributed by atoms with Crippen molar-refractivity contribution in [3.63, 3.8) is 0 Å². The van der Waals surface area contributed by atoms with Crippen LogP contribution in [0.25, 0.3) is 0 Å². The van der Waals surface area contributed by atoms with Crippen molar-refractivity contribution in [1.82, 2.24) is 5.32 Å². The van der Waals surface area contributed by atoms with Crippen LogP contribution in [0.4, 0.5) is 0 Å². The van der Waals surface area contributed by atoms with E-state index in [0.29, 0.717) is 17.8 Å². The Kier molecular flexibility index (Phi) is 4.81. The first-order valence-electron chi connectivity index (χ1n) is 11.0. The summed E-state index contributed by atoms with van der Waals surface area (Å²) in [5.41, 5.74) is 4.67. The molecule has 5 heteroatoms. The molecular formula is C22H36N2O3. The van der Waals surface area contributed by atoms with Gasteiger partial charge in [0.2, 0.25) is 5.91 Å². The number of hydrogen-bond acceptors (Lipinski definition) is 3. The van der Waals surface area contributed by atoms with Crippen molar-refractivity contribution in [3.8, 4) is 0 Å². The lowest BCUT2D eigenvalue weighted by Crippen LogP contribution is -2.63. The van der Waals surface area contributed by atoms with E-state index < -0.39 is 5.60 Å². The maximum absolute atomic E-state index is 13.1. The Bertz CT molecular complexity index is 593. The first-order chi connectivity index (χ1) is 12.7. The predicted molar refractivity (Wildman–Crippen MR) is 104 cm³/mol. The van der Waals surface area contributed by atoms with E-state index in [9.17, 15) is 9.59 Å². The standard InChI is InChI=1S/C22H36N2O3/c1-13-4-6-17(7-5-13)27-21(2,3)20(26)24-18-15-8-14-9-16(18)12-22(10-14,11-15)19(23)25/h13-18H,4-12H2,1-3H3,(H2,23,25)(H,24,26). The van der Waals surface area contributed by atoms with Gasteiger partial charge in [0.25, 0.3) is 5.91 Å². The van der Waals surface area contributed by atoms with Crippen molar-refractivity contribution >= 4 is 11.8 Å². The van der Waals surface area contributed by atoms with E-state index in [0.717, 1.165) is 50.9 Å².